The van der Waals surface area contributed by atoms with Gasteiger partial charge in [-0.25, -0.2) is 4.79 Å². The zero-order chi connectivity index (χ0) is 24.2. The number of carbonyl (C=O) groups is 1. The van der Waals surface area contributed by atoms with Crippen molar-refractivity contribution in [1.29, 1.82) is 0 Å². The summed E-state index contributed by atoms with van der Waals surface area (Å²) in [6, 6.07) is 10.4. The highest BCUT2D eigenvalue weighted by Gasteiger charge is 2.21. The molecule has 1 amide bonds. The summed E-state index contributed by atoms with van der Waals surface area (Å²) in [7, 11) is 0. The predicted molar refractivity (Wildman–Crippen MR) is 134 cm³/mol. The molecule has 8 heteroatoms. The smallest absolute Gasteiger partial charge is 0.332 e. The fourth-order valence-electron chi connectivity index (χ4n) is 4.98. The summed E-state index contributed by atoms with van der Waals surface area (Å²) in [5.74, 6) is 0.360. The maximum Gasteiger partial charge on any atom is 0.332 e. The van der Waals surface area contributed by atoms with Gasteiger partial charge in [0.1, 0.15) is 12.2 Å². The van der Waals surface area contributed by atoms with Crippen LogP contribution in [0.2, 0.25) is 0 Å². The van der Waals surface area contributed by atoms with Crippen molar-refractivity contribution < 1.29 is 4.79 Å². The Balaban J connectivity index is 1.33. The molecule has 0 radical (unpaired) electrons. The number of hydrogen-bond acceptors (Lipinski definition) is 4. The molecule has 1 aliphatic heterocycles. The van der Waals surface area contributed by atoms with Crippen LogP contribution in [0.25, 0.3) is 11.0 Å². The van der Waals surface area contributed by atoms with Gasteiger partial charge in [-0.2, -0.15) is 0 Å². The van der Waals surface area contributed by atoms with E-state index in [2.05, 4.69) is 41.4 Å². The predicted octanol–water partition coefficient (Wildman–Crippen LogP) is 2.34. The molecular weight excluding hydrogens is 430 g/mol. The van der Waals surface area contributed by atoms with Crippen molar-refractivity contribution in [3.8, 4) is 0 Å². The van der Waals surface area contributed by atoms with Crippen LogP contribution in [0, 0.1) is 12.8 Å². The number of benzene rings is 1. The van der Waals surface area contributed by atoms with E-state index in [0.29, 0.717) is 36.6 Å². The van der Waals surface area contributed by atoms with Crippen molar-refractivity contribution in [2.24, 2.45) is 5.92 Å². The van der Waals surface area contributed by atoms with Gasteiger partial charge in [0.15, 0.2) is 0 Å². The first-order valence-electron chi connectivity index (χ1n) is 12.3. The van der Waals surface area contributed by atoms with Gasteiger partial charge in [0.25, 0.3) is 5.56 Å². The zero-order valence-corrected chi connectivity index (χ0v) is 20.4. The van der Waals surface area contributed by atoms with Gasteiger partial charge in [0, 0.05) is 32.4 Å². The molecular formula is C26H35N5O3. The number of nitrogens with one attached hydrogen (secondary N) is 1. The topological polar surface area (TPSA) is 81.3 Å². The van der Waals surface area contributed by atoms with Gasteiger partial charge in [0.2, 0.25) is 5.91 Å². The molecule has 3 heterocycles. The van der Waals surface area contributed by atoms with Crippen LogP contribution in [0.4, 0.5) is 0 Å². The Morgan fingerprint density at radius 1 is 1.06 bits per heavy atom. The third-order valence-electron chi connectivity index (χ3n) is 6.86. The molecule has 0 saturated carbocycles. The van der Waals surface area contributed by atoms with Crippen LogP contribution in [0.15, 0.2) is 46.1 Å². The summed E-state index contributed by atoms with van der Waals surface area (Å²) in [5, 5.41) is 3.54. The number of nitrogens with zero attached hydrogens (tertiary/aromatic N) is 4. The van der Waals surface area contributed by atoms with Crippen molar-refractivity contribution in [3.63, 3.8) is 0 Å². The minimum atomic E-state index is -0.333. The molecule has 34 heavy (non-hydrogen) atoms. The van der Waals surface area contributed by atoms with Crippen molar-refractivity contribution in [2.45, 2.75) is 59.8 Å². The quantitative estimate of drug-likeness (QED) is 0.554. The Bertz CT molecular complexity index is 1280. The molecule has 8 nitrogen and oxygen atoms in total. The molecule has 182 valence electrons. The first-order chi connectivity index (χ1) is 16.4. The second-order valence-electron chi connectivity index (χ2n) is 9.27. The summed E-state index contributed by atoms with van der Waals surface area (Å²) < 4.78 is 4.51. The van der Waals surface area contributed by atoms with E-state index in [-0.39, 0.29) is 23.7 Å². The van der Waals surface area contributed by atoms with E-state index in [4.69, 9.17) is 0 Å². The minimum Gasteiger partial charge on any atom is -0.354 e. The molecule has 0 unspecified atom stereocenters. The van der Waals surface area contributed by atoms with E-state index < -0.39 is 0 Å². The number of aromatic nitrogens is 3. The van der Waals surface area contributed by atoms with E-state index in [1.165, 1.54) is 15.7 Å². The number of hydrogen-bond donors (Lipinski definition) is 1. The number of rotatable bonds is 8. The van der Waals surface area contributed by atoms with Crippen molar-refractivity contribution in [2.75, 3.05) is 19.6 Å². The molecule has 0 atom stereocenters. The molecule has 0 spiro atoms. The normalized spacial score (nSPS) is 15.1. The molecule has 1 aliphatic rings. The number of likely N-dealkylation sites (tertiary alicyclic amines) is 1. The molecule has 0 bridgehead atoms. The molecule has 3 aromatic rings. The van der Waals surface area contributed by atoms with E-state index in [0.717, 1.165) is 32.5 Å². The third-order valence-corrected chi connectivity index (χ3v) is 6.86. The fourth-order valence-corrected chi connectivity index (χ4v) is 4.98. The lowest BCUT2D eigenvalue weighted by molar-refractivity contribution is -0.121. The lowest BCUT2D eigenvalue weighted by atomic mass is 9.96. The largest absolute Gasteiger partial charge is 0.354 e. The molecule has 1 aromatic carbocycles. The van der Waals surface area contributed by atoms with Gasteiger partial charge in [-0.3, -0.25) is 23.6 Å². The summed E-state index contributed by atoms with van der Waals surface area (Å²) in [6.07, 6.45) is 3.84. The maximum absolute atomic E-state index is 12.7. The number of piperidine rings is 1. The lowest BCUT2D eigenvalue weighted by Crippen LogP contribution is -2.40. The van der Waals surface area contributed by atoms with Gasteiger partial charge in [0.05, 0.1) is 5.39 Å². The monoisotopic (exact) mass is 465 g/mol. The fraction of sp³-hybridized carbons (Fsp3) is 0.500. The van der Waals surface area contributed by atoms with Gasteiger partial charge in [-0.15, -0.1) is 0 Å². The second kappa shape index (κ2) is 10.4. The molecule has 4 rings (SSSR count). The van der Waals surface area contributed by atoms with E-state index >= 15 is 0 Å². The molecule has 1 fully saturated rings. The summed E-state index contributed by atoms with van der Waals surface area (Å²) in [6.45, 7) is 10.3. The van der Waals surface area contributed by atoms with Gasteiger partial charge in [-0.05, 0) is 64.3 Å². The van der Waals surface area contributed by atoms with Gasteiger partial charge >= 0.3 is 5.69 Å². The summed E-state index contributed by atoms with van der Waals surface area (Å²) in [5.41, 5.74) is 2.52. The maximum atomic E-state index is 12.7. The Morgan fingerprint density at radius 2 is 1.79 bits per heavy atom. The van der Waals surface area contributed by atoms with E-state index in [1.807, 2.05) is 6.92 Å². The third kappa shape index (κ3) is 5.01. The average molecular weight is 466 g/mol. The SMILES string of the molecule is CCn1c(=O)c2ccn(CC(=O)NCC3CCN(Cc4cccc(C)c4)CC3)c2n(CC)c1=O. The van der Waals surface area contributed by atoms with Crippen LogP contribution >= 0.6 is 0 Å². The zero-order valence-electron chi connectivity index (χ0n) is 20.4. The summed E-state index contributed by atoms with van der Waals surface area (Å²) in [4.78, 5) is 40.6. The van der Waals surface area contributed by atoms with Crippen LogP contribution < -0.4 is 16.6 Å². The van der Waals surface area contributed by atoms with E-state index in [1.54, 1.807) is 28.3 Å². The number of carbonyl (C=O) groups excluding carboxylic acids is 1. The van der Waals surface area contributed by atoms with Crippen LogP contribution in [0.3, 0.4) is 0 Å². The van der Waals surface area contributed by atoms with Crippen molar-refractivity contribution in [3.05, 3.63) is 68.5 Å². The van der Waals surface area contributed by atoms with Crippen molar-refractivity contribution >= 4 is 16.9 Å². The summed E-state index contributed by atoms with van der Waals surface area (Å²) >= 11 is 0. The minimum absolute atomic E-state index is 0.0880. The van der Waals surface area contributed by atoms with Crippen molar-refractivity contribution in [1.82, 2.24) is 23.9 Å². The first kappa shape index (κ1) is 24.0. The Morgan fingerprint density at radius 3 is 2.47 bits per heavy atom. The molecule has 0 aliphatic carbocycles. The molecule has 1 N–H and O–H groups in total. The van der Waals surface area contributed by atoms with Gasteiger partial charge < -0.3 is 9.88 Å². The number of fused-ring (bicyclic) bond motifs is 1. The lowest BCUT2D eigenvalue weighted by Gasteiger charge is -2.32. The average Bonchev–Trinajstić information content (AvgIpc) is 3.23. The number of amides is 1. The Kier molecular flexibility index (Phi) is 7.36. The van der Waals surface area contributed by atoms with Crippen LogP contribution in [0.5, 0.6) is 0 Å². The highest BCUT2D eigenvalue weighted by Crippen LogP contribution is 2.19. The standard InChI is InChI=1S/C26H35N5O3/c1-4-30-24-22(25(33)31(5-2)26(30)34)11-14-29(24)18-23(32)27-16-20-9-12-28(13-10-20)17-21-8-6-7-19(3)15-21/h6-8,11,14-15,20H,4-5,9-10,12-13,16-18H2,1-3H3,(H,27,32). The molecule has 1 saturated heterocycles. The Hall–Kier alpha value is -3.13. The first-order valence-corrected chi connectivity index (χ1v) is 12.3. The van der Waals surface area contributed by atoms with Crippen LogP contribution in [-0.4, -0.2) is 44.1 Å². The highest BCUT2D eigenvalue weighted by atomic mass is 16.2. The Labute approximate surface area is 199 Å². The van der Waals surface area contributed by atoms with Crippen LogP contribution in [0.1, 0.15) is 37.8 Å². The van der Waals surface area contributed by atoms with E-state index in [9.17, 15) is 14.4 Å². The van der Waals surface area contributed by atoms with Crippen LogP contribution in [-0.2, 0) is 31.0 Å². The highest BCUT2D eigenvalue weighted by molar-refractivity contribution is 5.80. The number of aryl methyl sites for hydroxylation is 2. The van der Waals surface area contributed by atoms with Gasteiger partial charge in [-0.1, -0.05) is 29.8 Å². The molecule has 2 aromatic heterocycles. The second-order valence-corrected chi connectivity index (χ2v) is 9.27.